The molecule has 22 heavy (non-hydrogen) atoms. The van der Waals surface area contributed by atoms with Gasteiger partial charge in [0.1, 0.15) is 0 Å². The Morgan fingerprint density at radius 2 is 1.14 bits per heavy atom. The molecule has 2 aliphatic rings. The summed E-state index contributed by atoms with van der Waals surface area (Å²) in [6, 6.07) is 9.17. The maximum absolute atomic E-state index is 3.29. The Hall–Kier alpha value is -2.34. The summed E-state index contributed by atoms with van der Waals surface area (Å²) in [5, 5.41) is 2.64. The van der Waals surface area contributed by atoms with E-state index in [9.17, 15) is 0 Å². The number of thiophene rings is 2. The summed E-state index contributed by atoms with van der Waals surface area (Å²) in [6.45, 7) is 0. The van der Waals surface area contributed by atoms with Crippen LogP contribution in [0.4, 0.5) is 0 Å². The van der Waals surface area contributed by atoms with Gasteiger partial charge in [0, 0.05) is 30.3 Å². The van der Waals surface area contributed by atoms with Gasteiger partial charge < -0.3 is 0 Å². The first kappa shape index (κ1) is 12.2. The van der Waals surface area contributed by atoms with Crippen molar-refractivity contribution in [2.24, 2.45) is 0 Å². The lowest BCUT2D eigenvalue weighted by molar-refractivity contribution is 1.91. The zero-order chi connectivity index (χ0) is 14.5. The fourth-order valence-corrected chi connectivity index (χ4v) is 4.97. The third-order valence-electron chi connectivity index (χ3n) is 3.88. The highest BCUT2D eigenvalue weighted by Gasteiger charge is 2.10. The van der Waals surface area contributed by atoms with Crippen molar-refractivity contribution in [2.75, 3.05) is 0 Å². The molecule has 0 unspecified atom stereocenters. The molecule has 0 spiro atoms. The Labute approximate surface area is 136 Å². The maximum atomic E-state index is 3.29. The van der Waals surface area contributed by atoms with Gasteiger partial charge in [0.2, 0.25) is 0 Å². The molecule has 0 saturated carbocycles. The van der Waals surface area contributed by atoms with Crippen molar-refractivity contribution in [2.45, 2.75) is 0 Å². The van der Waals surface area contributed by atoms with Crippen molar-refractivity contribution in [3.8, 4) is 0 Å². The van der Waals surface area contributed by atoms with E-state index in [1.54, 1.807) is 0 Å². The Morgan fingerprint density at radius 1 is 0.636 bits per heavy atom. The summed E-state index contributed by atoms with van der Waals surface area (Å²) in [5.41, 5.74) is 8.96. The summed E-state index contributed by atoms with van der Waals surface area (Å²) < 4.78 is 2.68. The van der Waals surface area contributed by atoms with E-state index in [1.807, 2.05) is 47.0 Å². The molecule has 5 rings (SSSR count). The van der Waals surface area contributed by atoms with Crippen molar-refractivity contribution >= 4 is 54.0 Å². The van der Waals surface area contributed by atoms with Crippen molar-refractivity contribution in [1.29, 1.82) is 0 Å². The van der Waals surface area contributed by atoms with Crippen molar-refractivity contribution in [3.05, 3.63) is 81.9 Å². The van der Waals surface area contributed by atoms with Gasteiger partial charge >= 0.3 is 0 Å². The Balaban J connectivity index is 1.69. The monoisotopic (exact) mass is 314 g/mol. The number of allylic oxidation sites excluding steroid dienone is 6. The highest BCUT2D eigenvalue weighted by atomic mass is 32.1. The lowest BCUT2D eigenvalue weighted by Crippen LogP contribution is -1.66. The second-order valence-corrected chi connectivity index (χ2v) is 7.48. The summed E-state index contributed by atoms with van der Waals surface area (Å²) in [4.78, 5) is 2.59. The van der Waals surface area contributed by atoms with Gasteiger partial charge in [0.05, 0.1) is 0 Å². The normalized spacial score (nSPS) is 15.5. The molecule has 2 aliphatic carbocycles. The van der Waals surface area contributed by atoms with Crippen molar-refractivity contribution in [3.63, 3.8) is 0 Å². The molecule has 0 saturated heterocycles. The first-order valence-electron chi connectivity index (χ1n) is 7.11. The van der Waals surface area contributed by atoms with Crippen LogP contribution < -0.4 is 0 Å². The van der Waals surface area contributed by atoms with Gasteiger partial charge in [-0.05, 0) is 59.3 Å². The number of hydrogen-bond acceptors (Lipinski definition) is 2. The average molecular weight is 314 g/mol. The molecule has 0 aliphatic heterocycles. The van der Waals surface area contributed by atoms with E-state index in [0.717, 1.165) is 0 Å². The average Bonchev–Trinajstić information content (AvgIpc) is 3.27. The second kappa shape index (κ2) is 4.58. The topological polar surface area (TPSA) is 0 Å². The Morgan fingerprint density at radius 3 is 1.55 bits per heavy atom. The number of rotatable bonds is 2. The fourth-order valence-electron chi connectivity index (χ4n) is 2.80. The predicted molar refractivity (Wildman–Crippen MR) is 98.5 cm³/mol. The van der Waals surface area contributed by atoms with Gasteiger partial charge in [-0.25, -0.2) is 0 Å². The molecule has 0 radical (unpaired) electrons. The van der Waals surface area contributed by atoms with Gasteiger partial charge in [-0.15, -0.1) is 34.1 Å². The molecule has 1 aromatic carbocycles. The van der Waals surface area contributed by atoms with Crippen LogP contribution >= 0.6 is 22.7 Å². The highest BCUT2D eigenvalue weighted by molar-refractivity contribution is 7.21. The van der Waals surface area contributed by atoms with E-state index >= 15 is 0 Å². The quantitative estimate of drug-likeness (QED) is 0.485. The minimum atomic E-state index is 1.19. The van der Waals surface area contributed by atoms with Crippen LogP contribution in [0.1, 0.15) is 9.75 Å². The number of fused-ring (bicyclic) bond motifs is 2. The maximum Gasteiger partial charge on any atom is 0.0433 e. The summed E-state index contributed by atoms with van der Waals surface area (Å²) in [5.74, 6) is 0. The summed E-state index contributed by atoms with van der Waals surface area (Å²) in [6.07, 6.45) is 12.3. The molecule has 102 valence electrons. The molecule has 3 aromatic rings. The standard InChI is InChI=1S/C20H10S2/c1-2-6-13(5-1)17-9-15-11-20-16(12-19(15)21-17)10-18(22-20)14-7-3-4-8-14/h1-5,7,9-12H. The Bertz CT molecular complexity index is 991. The van der Waals surface area contributed by atoms with Gasteiger partial charge in [-0.1, -0.05) is 12.2 Å². The second-order valence-electron chi connectivity index (χ2n) is 5.32. The van der Waals surface area contributed by atoms with E-state index in [-0.39, 0.29) is 0 Å². The molecule has 0 amide bonds. The van der Waals surface area contributed by atoms with Crippen molar-refractivity contribution in [1.82, 2.24) is 0 Å². The number of hydrogen-bond donors (Lipinski definition) is 0. The molecule has 2 heterocycles. The van der Waals surface area contributed by atoms with Crippen LogP contribution in [0.25, 0.3) is 31.3 Å². The van der Waals surface area contributed by atoms with Crippen LogP contribution in [0, 0.1) is 0 Å². The minimum Gasteiger partial charge on any atom is -0.135 e. The SMILES string of the molecule is C1=CC=CC=1c1cc2cc3sc(C4=C=CC=C4)cc3cc2s1. The van der Waals surface area contributed by atoms with Crippen LogP contribution in [0.5, 0.6) is 0 Å². The van der Waals surface area contributed by atoms with E-state index in [1.165, 1.54) is 41.1 Å². The van der Waals surface area contributed by atoms with Crippen LogP contribution in [0.3, 0.4) is 0 Å². The number of benzene rings is 1. The molecule has 0 nitrogen and oxygen atoms in total. The minimum absolute atomic E-state index is 1.19. The zero-order valence-electron chi connectivity index (χ0n) is 11.6. The van der Waals surface area contributed by atoms with Gasteiger partial charge in [0.15, 0.2) is 0 Å². The molecule has 0 fully saturated rings. The first-order valence-corrected chi connectivity index (χ1v) is 8.75. The summed E-state index contributed by atoms with van der Waals surface area (Å²) in [7, 11) is 0. The Kier molecular flexibility index (Phi) is 2.54. The van der Waals surface area contributed by atoms with E-state index in [2.05, 4.69) is 47.9 Å². The first-order chi connectivity index (χ1) is 10.9. The van der Waals surface area contributed by atoms with Crippen LogP contribution in [-0.2, 0) is 0 Å². The summed E-state index contributed by atoms with van der Waals surface area (Å²) >= 11 is 3.68. The third kappa shape index (κ3) is 1.84. The molecular weight excluding hydrogens is 304 g/mol. The van der Waals surface area contributed by atoms with Gasteiger partial charge in [-0.3, -0.25) is 0 Å². The largest absolute Gasteiger partial charge is 0.135 e. The molecule has 0 bridgehead atoms. The lowest BCUT2D eigenvalue weighted by Gasteiger charge is -1.89. The van der Waals surface area contributed by atoms with Crippen LogP contribution in [0.2, 0.25) is 0 Å². The molecule has 2 heteroatoms. The molecule has 2 aromatic heterocycles. The lowest BCUT2D eigenvalue weighted by atomic mass is 10.1. The fraction of sp³-hybridized carbons (Fsp3) is 0. The predicted octanol–water partition coefficient (Wildman–Crippen LogP) is 6.33. The van der Waals surface area contributed by atoms with Gasteiger partial charge in [0.25, 0.3) is 0 Å². The molecular formula is C20H10S2. The van der Waals surface area contributed by atoms with E-state index in [0.29, 0.717) is 0 Å². The van der Waals surface area contributed by atoms with Gasteiger partial charge in [-0.2, -0.15) is 0 Å². The smallest absolute Gasteiger partial charge is 0.0433 e. The van der Waals surface area contributed by atoms with Crippen molar-refractivity contribution < 1.29 is 0 Å². The third-order valence-corrected chi connectivity index (χ3v) is 6.14. The molecule has 0 N–H and O–H groups in total. The van der Waals surface area contributed by atoms with Crippen LogP contribution in [0.15, 0.2) is 72.2 Å². The molecule has 0 atom stereocenters. The van der Waals surface area contributed by atoms with E-state index in [4.69, 9.17) is 0 Å². The van der Waals surface area contributed by atoms with E-state index < -0.39 is 0 Å². The highest BCUT2D eigenvalue weighted by Crippen LogP contribution is 2.38. The van der Waals surface area contributed by atoms with Crippen LogP contribution in [-0.4, -0.2) is 0 Å². The zero-order valence-corrected chi connectivity index (χ0v) is 13.2.